The van der Waals surface area contributed by atoms with E-state index >= 15 is 0 Å². The Hall–Kier alpha value is -1.88. The lowest BCUT2D eigenvalue weighted by Gasteiger charge is -2.18. The van der Waals surface area contributed by atoms with Gasteiger partial charge >= 0.3 is 0 Å². The molecule has 0 unspecified atom stereocenters. The van der Waals surface area contributed by atoms with Crippen molar-refractivity contribution in [3.8, 4) is 0 Å². The Morgan fingerprint density at radius 1 is 1.14 bits per heavy atom. The average Bonchev–Trinajstić information content (AvgIpc) is 2.40. The van der Waals surface area contributed by atoms with Crippen LogP contribution < -0.4 is 5.32 Å². The van der Waals surface area contributed by atoms with Crippen molar-refractivity contribution in [3.05, 3.63) is 29.3 Å². The van der Waals surface area contributed by atoms with Crippen molar-refractivity contribution in [3.63, 3.8) is 0 Å². The SMILES string of the molecule is CC(=O)O.CCN(CC)CC(=O)Nc1c(C)cccc1C. The highest BCUT2D eigenvalue weighted by Gasteiger charge is 2.09. The summed E-state index contributed by atoms with van der Waals surface area (Å²) in [4.78, 5) is 23.0. The number of amides is 1. The first-order valence-corrected chi connectivity index (χ1v) is 7.09. The van der Waals surface area contributed by atoms with Crippen molar-refractivity contribution in [2.75, 3.05) is 25.0 Å². The number of likely N-dealkylation sites (N-methyl/N-ethyl adjacent to an activating group) is 1. The Bertz CT molecular complexity index is 444. The van der Waals surface area contributed by atoms with Gasteiger partial charge in [-0.05, 0) is 38.1 Å². The van der Waals surface area contributed by atoms with E-state index in [1.165, 1.54) is 0 Å². The van der Waals surface area contributed by atoms with Crippen LogP contribution in [0.3, 0.4) is 0 Å². The Morgan fingerprint density at radius 3 is 1.95 bits per heavy atom. The number of carboxylic acids is 1. The van der Waals surface area contributed by atoms with E-state index in [-0.39, 0.29) is 5.91 Å². The van der Waals surface area contributed by atoms with E-state index in [2.05, 4.69) is 24.1 Å². The number of para-hydroxylation sites is 1. The number of hydrogen-bond donors (Lipinski definition) is 2. The fraction of sp³-hybridized carbons (Fsp3) is 0.500. The molecular weight excluding hydrogens is 268 g/mol. The number of nitrogens with one attached hydrogen (secondary N) is 1. The molecule has 21 heavy (non-hydrogen) atoms. The zero-order chi connectivity index (χ0) is 16.4. The lowest BCUT2D eigenvalue weighted by molar-refractivity contribution is -0.134. The summed E-state index contributed by atoms with van der Waals surface area (Å²) in [6.45, 7) is 11.5. The molecule has 0 aliphatic heterocycles. The number of carboxylic acid groups (broad SMARTS) is 1. The maximum Gasteiger partial charge on any atom is 0.300 e. The first-order valence-electron chi connectivity index (χ1n) is 7.09. The number of carbonyl (C=O) groups is 2. The van der Waals surface area contributed by atoms with Gasteiger partial charge in [-0.25, -0.2) is 0 Å². The summed E-state index contributed by atoms with van der Waals surface area (Å²) in [6.07, 6.45) is 0. The molecule has 1 rings (SSSR count). The number of aryl methyl sites for hydroxylation is 2. The number of benzene rings is 1. The molecule has 0 saturated carbocycles. The summed E-state index contributed by atoms with van der Waals surface area (Å²) in [5.41, 5.74) is 3.17. The van der Waals surface area contributed by atoms with Gasteiger partial charge in [-0.2, -0.15) is 0 Å². The van der Waals surface area contributed by atoms with Crippen molar-refractivity contribution in [1.29, 1.82) is 0 Å². The normalized spacial score (nSPS) is 9.81. The van der Waals surface area contributed by atoms with Crippen LogP contribution in [0.15, 0.2) is 18.2 Å². The molecule has 1 aromatic carbocycles. The molecule has 0 aromatic heterocycles. The monoisotopic (exact) mass is 294 g/mol. The highest BCUT2D eigenvalue weighted by atomic mass is 16.4. The number of carbonyl (C=O) groups excluding carboxylic acids is 1. The van der Waals surface area contributed by atoms with Crippen LogP contribution in [0.4, 0.5) is 5.69 Å². The third-order valence-corrected chi connectivity index (χ3v) is 3.01. The molecule has 1 amide bonds. The molecule has 0 aliphatic carbocycles. The van der Waals surface area contributed by atoms with Gasteiger partial charge in [0.25, 0.3) is 5.97 Å². The highest BCUT2D eigenvalue weighted by molar-refractivity contribution is 5.93. The molecule has 0 bridgehead atoms. The van der Waals surface area contributed by atoms with Crippen LogP contribution >= 0.6 is 0 Å². The largest absolute Gasteiger partial charge is 0.481 e. The Balaban J connectivity index is 0.000000885. The minimum Gasteiger partial charge on any atom is -0.481 e. The predicted octanol–water partition coefficient (Wildman–Crippen LogP) is 2.67. The molecule has 5 heteroatoms. The first-order chi connectivity index (χ1) is 9.81. The van der Waals surface area contributed by atoms with Crippen LogP contribution in [-0.2, 0) is 9.59 Å². The predicted molar refractivity (Wildman–Crippen MR) is 85.6 cm³/mol. The quantitative estimate of drug-likeness (QED) is 0.876. The van der Waals surface area contributed by atoms with Crippen molar-refractivity contribution in [1.82, 2.24) is 4.90 Å². The number of hydrogen-bond acceptors (Lipinski definition) is 3. The number of anilines is 1. The molecule has 2 N–H and O–H groups in total. The maximum absolute atomic E-state index is 11.9. The van der Waals surface area contributed by atoms with Crippen LogP contribution in [0.5, 0.6) is 0 Å². The summed E-state index contributed by atoms with van der Waals surface area (Å²) in [5, 5.41) is 10.4. The summed E-state index contributed by atoms with van der Waals surface area (Å²) >= 11 is 0. The number of rotatable bonds is 5. The molecule has 0 aliphatic rings. The standard InChI is InChI=1S/C14H22N2O.C2H4O2/c1-5-16(6-2)10-13(17)15-14-11(3)8-7-9-12(14)4;1-2(3)4/h7-9H,5-6,10H2,1-4H3,(H,15,17);1H3,(H,3,4). The fourth-order valence-electron chi connectivity index (χ4n) is 1.84. The van der Waals surface area contributed by atoms with Crippen molar-refractivity contribution in [2.45, 2.75) is 34.6 Å². The van der Waals surface area contributed by atoms with Gasteiger partial charge in [-0.1, -0.05) is 32.0 Å². The summed E-state index contributed by atoms with van der Waals surface area (Å²) in [6, 6.07) is 6.03. The average molecular weight is 294 g/mol. The van der Waals surface area contributed by atoms with Gasteiger partial charge in [0.1, 0.15) is 0 Å². The molecule has 0 heterocycles. The van der Waals surface area contributed by atoms with Crippen molar-refractivity contribution in [2.24, 2.45) is 0 Å². The number of aliphatic carboxylic acids is 1. The Morgan fingerprint density at radius 2 is 1.57 bits per heavy atom. The smallest absolute Gasteiger partial charge is 0.300 e. The van der Waals surface area contributed by atoms with Gasteiger partial charge in [0.2, 0.25) is 5.91 Å². The minimum atomic E-state index is -0.833. The second-order valence-corrected chi connectivity index (χ2v) is 4.80. The molecule has 0 fully saturated rings. The minimum absolute atomic E-state index is 0.0612. The van der Waals surface area contributed by atoms with Crippen LogP contribution in [0.25, 0.3) is 0 Å². The third kappa shape index (κ3) is 8.09. The van der Waals surface area contributed by atoms with Gasteiger partial charge in [-0.15, -0.1) is 0 Å². The third-order valence-electron chi connectivity index (χ3n) is 3.01. The van der Waals surface area contributed by atoms with E-state index in [4.69, 9.17) is 9.90 Å². The first kappa shape index (κ1) is 19.1. The van der Waals surface area contributed by atoms with Crippen molar-refractivity contribution >= 4 is 17.6 Å². The second-order valence-electron chi connectivity index (χ2n) is 4.80. The molecular formula is C16H26N2O3. The molecule has 0 radical (unpaired) electrons. The highest BCUT2D eigenvalue weighted by Crippen LogP contribution is 2.19. The van der Waals surface area contributed by atoms with Crippen molar-refractivity contribution < 1.29 is 14.7 Å². The summed E-state index contributed by atoms with van der Waals surface area (Å²) in [7, 11) is 0. The second kappa shape index (κ2) is 9.94. The fourth-order valence-corrected chi connectivity index (χ4v) is 1.84. The zero-order valence-corrected chi connectivity index (χ0v) is 13.6. The Kier molecular flexibility index (Phi) is 9.05. The van der Waals surface area contributed by atoms with Crippen LogP contribution in [0, 0.1) is 13.8 Å². The molecule has 1 aromatic rings. The summed E-state index contributed by atoms with van der Waals surface area (Å²) in [5.74, 6) is -0.772. The van der Waals surface area contributed by atoms with Crippen LogP contribution in [0.2, 0.25) is 0 Å². The van der Waals surface area contributed by atoms with Gasteiger partial charge in [0.15, 0.2) is 0 Å². The maximum atomic E-state index is 11.9. The zero-order valence-electron chi connectivity index (χ0n) is 13.6. The number of nitrogens with zero attached hydrogens (tertiary/aromatic N) is 1. The van der Waals surface area contributed by atoms with Gasteiger partial charge in [-0.3, -0.25) is 14.5 Å². The van der Waals surface area contributed by atoms with E-state index in [1.807, 2.05) is 32.0 Å². The topological polar surface area (TPSA) is 69.6 Å². The lowest BCUT2D eigenvalue weighted by atomic mass is 10.1. The van der Waals surface area contributed by atoms with E-state index in [0.717, 1.165) is 36.8 Å². The Labute approximate surface area is 127 Å². The molecule has 0 saturated heterocycles. The molecule has 0 atom stereocenters. The van der Waals surface area contributed by atoms with Crippen LogP contribution in [-0.4, -0.2) is 41.5 Å². The molecule has 118 valence electrons. The molecule has 0 spiro atoms. The van der Waals surface area contributed by atoms with Gasteiger partial charge in [0, 0.05) is 12.6 Å². The van der Waals surface area contributed by atoms with Crippen LogP contribution in [0.1, 0.15) is 31.9 Å². The van der Waals surface area contributed by atoms with E-state index in [0.29, 0.717) is 6.54 Å². The lowest BCUT2D eigenvalue weighted by Crippen LogP contribution is -2.33. The van der Waals surface area contributed by atoms with Gasteiger partial charge in [0.05, 0.1) is 6.54 Å². The molecule has 5 nitrogen and oxygen atoms in total. The van der Waals surface area contributed by atoms with E-state index in [9.17, 15) is 4.79 Å². The van der Waals surface area contributed by atoms with E-state index in [1.54, 1.807) is 0 Å². The van der Waals surface area contributed by atoms with Gasteiger partial charge < -0.3 is 10.4 Å². The summed E-state index contributed by atoms with van der Waals surface area (Å²) < 4.78 is 0. The van der Waals surface area contributed by atoms with E-state index < -0.39 is 5.97 Å².